The van der Waals surface area contributed by atoms with E-state index in [9.17, 15) is 9.59 Å². The summed E-state index contributed by atoms with van der Waals surface area (Å²) >= 11 is 0. The molecule has 0 aliphatic heterocycles. The fourth-order valence-electron chi connectivity index (χ4n) is 2.10. The second-order valence-corrected chi connectivity index (χ2v) is 5.11. The van der Waals surface area contributed by atoms with E-state index in [2.05, 4.69) is 5.32 Å². The number of aliphatic hydroxyl groups excluding tert-OH is 1. The highest BCUT2D eigenvalue weighted by molar-refractivity contribution is 5.84. The van der Waals surface area contributed by atoms with Crippen LogP contribution in [0.15, 0.2) is 30.3 Å². The summed E-state index contributed by atoms with van der Waals surface area (Å²) in [5.74, 6) is -0.357. The monoisotopic (exact) mass is 324 g/mol. The van der Waals surface area contributed by atoms with Crippen LogP contribution in [0.1, 0.15) is 18.9 Å². The largest absolute Gasteiger partial charge is 0.465 e. The zero-order chi connectivity index (χ0) is 17.1. The molecule has 0 saturated heterocycles. The molecule has 0 aliphatic carbocycles. The van der Waals surface area contributed by atoms with Crippen LogP contribution < -0.4 is 5.32 Å². The predicted octanol–water partition coefficient (Wildman–Crippen LogP) is 1.07. The van der Waals surface area contributed by atoms with Crippen LogP contribution in [0.25, 0.3) is 0 Å². The Morgan fingerprint density at radius 3 is 2.57 bits per heavy atom. The number of nitrogens with zero attached hydrogens (tertiary/aromatic N) is 1. The average molecular weight is 324 g/mol. The third-order valence-electron chi connectivity index (χ3n) is 3.22. The van der Waals surface area contributed by atoms with Crippen molar-refractivity contribution in [3.8, 4) is 0 Å². The first-order valence-electron chi connectivity index (χ1n) is 7.55. The Hall–Kier alpha value is -2.12. The minimum absolute atomic E-state index is 0.170. The van der Waals surface area contributed by atoms with Crippen molar-refractivity contribution >= 4 is 12.0 Å². The van der Waals surface area contributed by atoms with Crippen LogP contribution in [0.2, 0.25) is 0 Å². The molecule has 0 radical (unpaired) electrons. The third-order valence-corrected chi connectivity index (χ3v) is 3.22. The summed E-state index contributed by atoms with van der Waals surface area (Å²) in [4.78, 5) is 24.1. The number of rotatable bonds is 10. The number of carbonyl (C=O) groups is 2. The van der Waals surface area contributed by atoms with Gasteiger partial charge in [0.05, 0.1) is 13.2 Å². The average Bonchev–Trinajstić information content (AvgIpc) is 2.53. The number of nitrogens with one attached hydrogen (secondary N) is 1. The lowest BCUT2D eigenvalue weighted by atomic mass is 10.2. The number of hydrogen-bond acceptors (Lipinski definition) is 4. The molecular formula is C16H24N2O5. The molecule has 7 nitrogen and oxygen atoms in total. The van der Waals surface area contributed by atoms with Gasteiger partial charge in [-0.3, -0.25) is 4.79 Å². The quantitative estimate of drug-likeness (QED) is 0.559. The molecule has 0 heterocycles. The molecule has 0 unspecified atom stereocenters. The van der Waals surface area contributed by atoms with Crippen molar-refractivity contribution in [2.45, 2.75) is 26.0 Å². The minimum atomic E-state index is -1.25. The Kier molecular flexibility index (Phi) is 8.71. The lowest BCUT2D eigenvalue weighted by molar-refractivity contribution is -0.133. The molecule has 0 spiro atoms. The zero-order valence-electron chi connectivity index (χ0n) is 13.3. The zero-order valence-corrected chi connectivity index (χ0v) is 13.3. The van der Waals surface area contributed by atoms with Gasteiger partial charge in [-0.25, -0.2) is 4.79 Å². The summed E-state index contributed by atoms with van der Waals surface area (Å²) in [5.41, 5.74) is 1.08. The predicted molar refractivity (Wildman–Crippen MR) is 85.0 cm³/mol. The van der Waals surface area contributed by atoms with Crippen LogP contribution in [0.5, 0.6) is 0 Å². The number of hydrogen-bond donors (Lipinski definition) is 3. The Labute approximate surface area is 135 Å². The highest BCUT2D eigenvalue weighted by atomic mass is 16.5. The summed E-state index contributed by atoms with van der Waals surface area (Å²) in [7, 11) is 0. The van der Waals surface area contributed by atoms with Gasteiger partial charge in [0.25, 0.3) is 0 Å². The molecule has 1 aromatic rings. The Bertz CT molecular complexity index is 481. The molecule has 0 saturated carbocycles. The van der Waals surface area contributed by atoms with Crippen molar-refractivity contribution < 1.29 is 24.5 Å². The topological polar surface area (TPSA) is 99.1 Å². The Morgan fingerprint density at radius 1 is 1.26 bits per heavy atom. The highest BCUT2D eigenvalue weighted by Crippen LogP contribution is 2.02. The van der Waals surface area contributed by atoms with Crippen molar-refractivity contribution in [2.75, 3.05) is 26.3 Å². The van der Waals surface area contributed by atoms with E-state index in [-0.39, 0.29) is 19.1 Å². The highest BCUT2D eigenvalue weighted by Gasteiger charge is 2.21. The van der Waals surface area contributed by atoms with Gasteiger partial charge in [0.15, 0.2) is 0 Å². The van der Waals surface area contributed by atoms with Crippen molar-refractivity contribution in [1.29, 1.82) is 0 Å². The molecule has 0 aromatic heterocycles. The van der Waals surface area contributed by atoms with Crippen molar-refractivity contribution in [1.82, 2.24) is 10.2 Å². The van der Waals surface area contributed by atoms with Crippen molar-refractivity contribution in [2.24, 2.45) is 0 Å². The molecule has 1 rings (SSSR count). The SMILES string of the molecule is C[C@H](NC(=O)O)C(=O)N(CCO)CCCOCc1ccccc1. The van der Waals surface area contributed by atoms with Crippen LogP contribution in [0.4, 0.5) is 4.79 Å². The van der Waals surface area contributed by atoms with E-state index >= 15 is 0 Å². The second-order valence-electron chi connectivity index (χ2n) is 5.11. The molecule has 0 fully saturated rings. The summed E-state index contributed by atoms with van der Waals surface area (Å²) in [6.07, 6.45) is -0.640. The number of ether oxygens (including phenoxy) is 1. The fourth-order valence-corrected chi connectivity index (χ4v) is 2.10. The number of aliphatic hydroxyl groups is 1. The van der Waals surface area contributed by atoms with Gasteiger partial charge < -0.3 is 25.2 Å². The lowest BCUT2D eigenvalue weighted by Crippen LogP contribution is -2.47. The van der Waals surface area contributed by atoms with Gasteiger partial charge in [-0.2, -0.15) is 0 Å². The molecule has 0 aliphatic rings. The third kappa shape index (κ3) is 7.62. The molecule has 1 atom stereocenters. The molecule has 2 amide bonds. The van der Waals surface area contributed by atoms with E-state index in [1.807, 2.05) is 30.3 Å². The molecule has 1 aromatic carbocycles. The molecule has 23 heavy (non-hydrogen) atoms. The van der Waals surface area contributed by atoms with Crippen LogP contribution in [-0.2, 0) is 16.1 Å². The number of amides is 2. The van der Waals surface area contributed by atoms with E-state index in [0.29, 0.717) is 26.2 Å². The maximum atomic E-state index is 12.1. The van der Waals surface area contributed by atoms with E-state index in [1.54, 1.807) is 0 Å². The van der Waals surface area contributed by atoms with Gasteiger partial charge in [0.2, 0.25) is 5.91 Å². The van der Waals surface area contributed by atoms with Crippen molar-refractivity contribution in [3.05, 3.63) is 35.9 Å². The Morgan fingerprint density at radius 2 is 1.96 bits per heavy atom. The Balaban J connectivity index is 2.32. The first kappa shape index (κ1) is 18.9. The summed E-state index contributed by atoms with van der Waals surface area (Å²) in [5, 5.41) is 19.8. The standard InChI is InChI=1S/C16H24N2O5/c1-13(17-16(21)22)15(20)18(9-10-19)8-5-11-23-12-14-6-3-2-4-7-14/h2-4,6-7,13,17,19H,5,8-12H2,1H3,(H,21,22)/t13-/m0/s1. The van der Waals surface area contributed by atoms with E-state index in [4.69, 9.17) is 14.9 Å². The van der Waals surface area contributed by atoms with E-state index in [1.165, 1.54) is 11.8 Å². The summed E-state index contributed by atoms with van der Waals surface area (Å²) in [6.45, 7) is 2.86. The number of carboxylic acid groups (broad SMARTS) is 1. The van der Waals surface area contributed by atoms with Gasteiger partial charge in [0, 0.05) is 19.7 Å². The van der Waals surface area contributed by atoms with Crippen LogP contribution in [-0.4, -0.2) is 59.5 Å². The van der Waals surface area contributed by atoms with Gasteiger partial charge in [0.1, 0.15) is 6.04 Å². The van der Waals surface area contributed by atoms with Gasteiger partial charge in [-0.15, -0.1) is 0 Å². The van der Waals surface area contributed by atoms with E-state index in [0.717, 1.165) is 5.56 Å². The van der Waals surface area contributed by atoms with Crippen LogP contribution in [0.3, 0.4) is 0 Å². The number of benzene rings is 1. The maximum absolute atomic E-state index is 12.1. The molecule has 0 bridgehead atoms. The van der Waals surface area contributed by atoms with E-state index < -0.39 is 12.1 Å². The van der Waals surface area contributed by atoms with Crippen LogP contribution >= 0.6 is 0 Å². The maximum Gasteiger partial charge on any atom is 0.405 e. The normalized spacial score (nSPS) is 11.7. The molecular weight excluding hydrogens is 300 g/mol. The molecule has 3 N–H and O–H groups in total. The lowest BCUT2D eigenvalue weighted by Gasteiger charge is -2.25. The summed E-state index contributed by atoms with van der Waals surface area (Å²) in [6, 6.07) is 8.92. The second kappa shape index (κ2) is 10.6. The van der Waals surface area contributed by atoms with Gasteiger partial charge in [-0.05, 0) is 18.9 Å². The van der Waals surface area contributed by atoms with Crippen LogP contribution in [0, 0.1) is 0 Å². The first-order valence-corrected chi connectivity index (χ1v) is 7.55. The smallest absolute Gasteiger partial charge is 0.405 e. The van der Waals surface area contributed by atoms with Crippen molar-refractivity contribution in [3.63, 3.8) is 0 Å². The first-order chi connectivity index (χ1) is 11.0. The van der Waals surface area contributed by atoms with Gasteiger partial charge in [-0.1, -0.05) is 30.3 Å². The van der Waals surface area contributed by atoms with Gasteiger partial charge >= 0.3 is 6.09 Å². The molecule has 7 heteroatoms. The minimum Gasteiger partial charge on any atom is -0.465 e. The fraction of sp³-hybridized carbons (Fsp3) is 0.500. The molecule has 128 valence electrons. The summed E-state index contributed by atoms with van der Waals surface area (Å²) < 4.78 is 5.54. The number of carbonyl (C=O) groups excluding carboxylic acids is 1.